The van der Waals surface area contributed by atoms with E-state index in [2.05, 4.69) is 5.32 Å². The molecule has 214 valence electrons. The van der Waals surface area contributed by atoms with Crippen molar-refractivity contribution in [3.63, 3.8) is 0 Å². The summed E-state index contributed by atoms with van der Waals surface area (Å²) in [7, 11) is 1.49. The minimum atomic E-state index is -0.917. The molecule has 0 spiro atoms. The summed E-state index contributed by atoms with van der Waals surface area (Å²) in [4.78, 5) is 37.7. The Hall–Kier alpha value is -3.21. The van der Waals surface area contributed by atoms with Gasteiger partial charge in [-0.05, 0) is 51.8 Å². The summed E-state index contributed by atoms with van der Waals surface area (Å²) >= 11 is 0. The Kier molecular flexibility index (Phi) is 10.7. The fourth-order valence-electron chi connectivity index (χ4n) is 4.25. The molecule has 39 heavy (non-hydrogen) atoms. The lowest BCUT2D eigenvalue weighted by atomic mass is 9.99. The van der Waals surface area contributed by atoms with Crippen molar-refractivity contribution in [1.82, 2.24) is 5.32 Å². The standard InChI is InChI=1S/C29H39NO9/c1-18-11-12-22(32)27-25(38-29(4,5)39-27)10-7-9-21-23(35-16-8-15-30-20(3)31)13-14-24(36-17-34-6)26(21)28(33)37-19(18)2/h7,9,11-14,18-19,25,27H,8,10,15-17H2,1-6H3,(H,30,31)/b9-7?,12-11-/t18-,19+,25+,27-/m1/s1. The first-order valence-corrected chi connectivity index (χ1v) is 13.1. The number of hydrogen-bond donors (Lipinski definition) is 1. The molecule has 0 radical (unpaired) electrons. The van der Waals surface area contributed by atoms with Gasteiger partial charge in [0.15, 0.2) is 18.4 Å². The average Bonchev–Trinajstić information content (AvgIpc) is 3.19. The lowest BCUT2D eigenvalue weighted by Crippen LogP contribution is -2.30. The largest absolute Gasteiger partial charge is 0.493 e. The molecule has 1 fully saturated rings. The molecule has 0 unspecified atom stereocenters. The molecule has 0 bridgehead atoms. The van der Waals surface area contributed by atoms with E-state index in [1.807, 2.05) is 13.0 Å². The smallest absolute Gasteiger partial charge is 0.342 e. The number of amides is 1. The van der Waals surface area contributed by atoms with E-state index in [0.717, 1.165) is 0 Å². The highest BCUT2D eigenvalue weighted by Crippen LogP contribution is 2.35. The quantitative estimate of drug-likeness (QED) is 0.295. The number of rotatable bonds is 8. The highest BCUT2D eigenvalue weighted by atomic mass is 16.8. The van der Waals surface area contributed by atoms with Gasteiger partial charge in [-0.25, -0.2) is 4.79 Å². The zero-order chi connectivity index (χ0) is 28.6. The Morgan fingerprint density at radius 1 is 1.10 bits per heavy atom. The molecule has 0 aliphatic carbocycles. The minimum Gasteiger partial charge on any atom is -0.493 e. The predicted molar refractivity (Wildman–Crippen MR) is 143 cm³/mol. The molecule has 0 saturated carbocycles. The van der Waals surface area contributed by atoms with Gasteiger partial charge in [0, 0.05) is 32.1 Å². The maximum Gasteiger partial charge on any atom is 0.342 e. The summed E-state index contributed by atoms with van der Waals surface area (Å²) in [6, 6.07) is 3.35. The number of carbonyl (C=O) groups is 3. The third kappa shape index (κ3) is 8.39. The van der Waals surface area contributed by atoms with Crippen LogP contribution in [-0.4, -0.2) is 68.8 Å². The zero-order valence-electron chi connectivity index (χ0n) is 23.5. The van der Waals surface area contributed by atoms with Crippen LogP contribution in [0, 0.1) is 5.92 Å². The number of esters is 1. The van der Waals surface area contributed by atoms with Crippen LogP contribution < -0.4 is 14.8 Å². The molecule has 1 aromatic carbocycles. The van der Waals surface area contributed by atoms with E-state index in [1.165, 1.54) is 20.1 Å². The van der Waals surface area contributed by atoms with Gasteiger partial charge < -0.3 is 33.7 Å². The molecule has 10 nitrogen and oxygen atoms in total. The summed E-state index contributed by atoms with van der Waals surface area (Å²) in [5, 5.41) is 2.73. The van der Waals surface area contributed by atoms with Gasteiger partial charge >= 0.3 is 5.97 Å². The van der Waals surface area contributed by atoms with Crippen molar-refractivity contribution in [2.24, 2.45) is 5.92 Å². The SMILES string of the molecule is COCOc1ccc(OCCCNC(C)=O)c2c1C(=O)O[C@@H](C)[C@H](C)/C=C\C(=O)[C@H]1OC(C)(C)O[C@H]1CC=C2. The van der Waals surface area contributed by atoms with E-state index in [-0.39, 0.29) is 35.7 Å². The predicted octanol–water partition coefficient (Wildman–Crippen LogP) is 3.82. The molecule has 10 heteroatoms. The highest BCUT2D eigenvalue weighted by molar-refractivity contribution is 5.98. The van der Waals surface area contributed by atoms with E-state index in [0.29, 0.717) is 37.3 Å². The number of benzene rings is 1. The number of carbonyl (C=O) groups excluding carboxylic acids is 3. The summed E-state index contributed by atoms with van der Waals surface area (Å²) < 4.78 is 34.6. The van der Waals surface area contributed by atoms with Crippen LogP contribution >= 0.6 is 0 Å². The molecule has 2 aliphatic heterocycles. The summed E-state index contributed by atoms with van der Waals surface area (Å²) in [6.45, 7) is 9.31. The van der Waals surface area contributed by atoms with Gasteiger partial charge in [0.2, 0.25) is 5.91 Å². The van der Waals surface area contributed by atoms with Crippen LogP contribution in [0.3, 0.4) is 0 Å². The van der Waals surface area contributed by atoms with Crippen molar-refractivity contribution >= 4 is 23.7 Å². The number of cyclic esters (lactones) is 1. The van der Waals surface area contributed by atoms with Gasteiger partial charge in [0.05, 0.1) is 12.7 Å². The molecule has 3 rings (SSSR count). The van der Waals surface area contributed by atoms with Crippen molar-refractivity contribution in [3.05, 3.63) is 41.5 Å². The second-order valence-electron chi connectivity index (χ2n) is 10.1. The van der Waals surface area contributed by atoms with E-state index in [9.17, 15) is 14.4 Å². The lowest BCUT2D eigenvalue weighted by Gasteiger charge is -2.22. The van der Waals surface area contributed by atoms with Crippen molar-refractivity contribution in [2.45, 2.75) is 71.6 Å². The number of ether oxygens (including phenoxy) is 6. The van der Waals surface area contributed by atoms with Gasteiger partial charge in [-0.1, -0.05) is 25.2 Å². The van der Waals surface area contributed by atoms with E-state index < -0.39 is 30.1 Å². The van der Waals surface area contributed by atoms with Crippen LogP contribution in [0.15, 0.2) is 30.4 Å². The normalized spacial score (nSPS) is 25.6. The Bertz CT molecular complexity index is 1090. The number of fused-ring (bicyclic) bond motifs is 2. The Balaban J connectivity index is 2.03. The van der Waals surface area contributed by atoms with Crippen molar-refractivity contribution in [3.8, 4) is 11.5 Å². The third-order valence-electron chi connectivity index (χ3n) is 6.37. The highest BCUT2D eigenvalue weighted by Gasteiger charge is 2.43. The first-order chi connectivity index (χ1) is 18.5. The Morgan fingerprint density at radius 2 is 1.85 bits per heavy atom. The molecule has 1 N–H and O–H groups in total. The fraction of sp³-hybridized carbons (Fsp3) is 0.552. The Labute approximate surface area is 229 Å². The second kappa shape index (κ2) is 13.7. The number of methoxy groups -OCH3 is 1. The number of ketones is 1. The molecular weight excluding hydrogens is 506 g/mol. The number of hydrogen-bond acceptors (Lipinski definition) is 9. The molecule has 2 aliphatic rings. The molecule has 1 saturated heterocycles. The number of nitrogens with one attached hydrogen (secondary N) is 1. The van der Waals surface area contributed by atoms with Gasteiger partial charge in [-0.15, -0.1) is 0 Å². The van der Waals surface area contributed by atoms with Crippen LogP contribution in [0.25, 0.3) is 6.08 Å². The monoisotopic (exact) mass is 545 g/mol. The van der Waals surface area contributed by atoms with Crippen LogP contribution in [0.4, 0.5) is 0 Å². The van der Waals surface area contributed by atoms with E-state index >= 15 is 0 Å². The van der Waals surface area contributed by atoms with Crippen LogP contribution in [-0.2, 0) is 28.5 Å². The van der Waals surface area contributed by atoms with Crippen LogP contribution in [0.2, 0.25) is 0 Å². The van der Waals surface area contributed by atoms with Gasteiger partial charge in [0.25, 0.3) is 0 Å². The van der Waals surface area contributed by atoms with E-state index in [1.54, 1.807) is 45.1 Å². The topological polar surface area (TPSA) is 119 Å². The lowest BCUT2D eigenvalue weighted by molar-refractivity contribution is -0.152. The van der Waals surface area contributed by atoms with Gasteiger partial charge in [0.1, 0.15) is 29.3 Å². The van der Waals surface area contributed by atoms with Crippen LogP contribution in [0.5, 0.6) is 11.5 Å². The molecule has 0 aromatic heterocycles. The summed E-state index contributed by atoms with van der Waals surface area (Å²) in [6.07, 6.45) is 5.82. The van der Waals surface area contributed by atoms with Gasteiger partial charge in [-0.2, -0.15) is 0 Å². The molecule has 2 heterocycles. The fourth-order valence-corrected chi connectivity index (χ4v) is 4.25. The van der Waals surface area contributed by atoms with Crippen LogP contribution in [0.1, 0.15) is 63.4 Å². The first kappa shape index (κ1) is 30.3. The van der Waals surface area contributed by atoms with E-state index in [4.69, 9.17) is 28.4 Å². The second-order valence-corrected chi connectivity index (χ2v) is 10.1. The average molecular weight is 546 g/mol. The molecule has 4 atom stereocenters. The molecular formula is C29H39NO9. The minimum absolute atomic E-state index is 0.0683. The first-order valence-electron chi connectivity index (χ1n) is 13.1. The maximum absolute atomic E-state index is 13.5. The van der Waals surface area contributed by atoms with Gasteiger partial charge in [-0.3, -0.25) is 9.59 Å². The third-order valence-corrected chi connectivity index (χ3v) is 6.37. The molecule has 1 aromatic rings. The zero-order valence-corrected chi connectivity index (χ0v) is 23.5. The summed E-state index contributed by atoms with van der Waals surface area (Å²) in [5.74, 6) is -1.38. The van der Waals surface area contributed by atoms with Crippen molar-refractivity contribution < 1.29 is 42.8 Å². The Morgan fingerprint density at radius 3 is 2.56 bits per heavy atom. The maximum atomic E-state index is 13.5. The van der Waals surface area contributed by atoms with Crippen molar-refractivity contribution in [1.29, 1.82) is 0 Å². The van der Waals surface area contributed by atoms with Crippen molar-refractivity contribution in [2.75, 3.05) is 27.1 Å². The summed E-state index contributed by atoms with van der Waals surface area (Å²) in [5.41, 5.74) is 0.654. The molecule has 1 amide bonds.